The van der Waals surface area contributed by atoms with Gasteiger partial charge in [-0.15, -0.1) is 0 Å². The minimum absolute atomic E-state index is 0.0776. The fourth-order valence-corrected chi connectivity index (χ4v) is 3.99. The Kier molecular flexibility index (Phi) is 9.81. The van der Waals surface area contributed by atoms with Crippen LogP contribution in [0.15, 0.2) is 30.3 Å². The van der Waals surface area contributed by atoms with Crippen molar-refractivity contribution in [3.05, 3.63) is 47.3 Å². The Morgan fingerprint density at radius 1 is 1.19 bits per heavy atom. The fourth-order valence-electron chi connectivity index (χ4n) is 3.09. The van der Waals surface area contributed by atoms with Gasteiger partial charge in [0.05, 0.1) is 14.2 Å². The highest BCUT2D eigenvalue weighted by Gasteiger charge is 2.37. The van der Waals surface area contributed by atoms with E-state index in [2.05, 4.69) is 14.9 Å². The van der Waals surface area contributed by atoms with E-state index in [4.69, 9.17) is 16.0 Å². The summed E-state index contributed by atoms with van der Waals surface area (Å²) in [4.78, 5) is 53.6. The summed E-state index contributed by atoms with van der Waals surface area (Å²) in [6, 6.07) is 7.27. The molecule has 0 aromatic heterocycles. The van der Waals surface area contributed by atoms with Gasteiger partial charge in [-0.3, -0.25) is 14.5 Å². The monoisotopic (exact) mass is 463 g/mol. The van der Waals surface area contributed by atoms with Crippen molar-refractivity contribution in [1.82, 2.24) is 10.2 Å². The van der Waals surface area contributed by atoms with Gasteiger partial charge in [-0.05, 0) is 18.4 Å². The molecule has 0 bridgehead atoms. The first-order chi connectivity index (χ1) is 15.4. The largest absolute Gasteiger partial charge is 0.467 e. The van der Waals surface area contributed by atoms with Crippen LogP contribution >= 0.6 is 11.8 Å². The van der Waals surface area contributed by atoms with Gasteiger partial charge in [-0.2, -0.15) is 0 Å². The Hall–Kier alpha value is -3.26. The van der Waals surface area contributed by atoms with Gasteiger partial charge in [-0.25, -0.2) is 21.0 Å². The molecule has 32 heavy (non-hydrogen) atoms. The summed E-state index contributed by atoms with van der Waals surface area (Å²) in [6.07, 6.45) is 0.410. The average molecular weight is 464 g/mol. The molecule has 11 heteroatoms. The molecule has 2 amide bonds. The minimum Gasteiger partial charge on any atom is -0.467 e. The van der Waals surface area contributed by atoms with Crippen molar-refractivity contribution in [2.45, 2.75) is 36.9 Å². The van der Waals surface area contributed by atoms with E-state index in [9.17, 15) is 19.2 Å². The second kappa shape index (κ2) is 12.6. The van der Waals surface area contributed by atoms with Crippen LogP contribution in [-0.2, 0) is 35.2 Å². The molecule has 0 spiro atoms. The molecular weight excluding hydrogens is 438 g/mol. The van der Waals surface area contributed by atoms with Crippen LogP contribution in [0, 0.1) is 6.57 Å². The first kappa shape index (κ1) is 25.0. The molecule has 1 fully saturated rings. The van der Waals surface area contributed by atoms with E-state index in [0.29, 0.717) is 19.4 Å². The van der Waals surface area contributed by atoms with Crippen molar-refractivity contribution in [1.29, 1.82) is 0 Å². The Balaban J connectivity index is 1.98. The minimum atomic E-state index is -1.17. The van der Waals surface area contributed by atoms with Gasteiger partial charge in [0.1, 0.15) is 18.7 Å². The molecule has 1 aliphatic rings. The first-order valence-electron chi connectivity index (χ1n) is 9.82. The fraction of sp³-hybridized carbons (Fsp3) is 0.476. The second-order valence-corrected chi connectivity index (χ2v) is 7.93. The van der Waals surface area contributed by atoms with Crippen LogP contribution in [0.4, 0.5) is 4.79 Å². The normalized spacial score (nSPS) is 16.9. The average Bonchev–Trinajstić information content (AvgIpc) is 3.32. The standard InChI is InChI=1S/C21H25N3O7S/c1-22-18(20(27)30-3)32-13-15(19(26)29-2)23-17(25)16-10-7-11-24(16)21(28)31-12-14-8-5-4-6-9-14/h4-6,8-9,15-16,18H,7,10-13H2,2-3H3,(H,23,25). The summed E-state index contributed by atoms with van der Waals surface area (Å²) in [7, 11) is 2.33. The zero-order valence-electron chi connectivity index (χ0n) is 17.8. The highest BCUT2D eigenvalue weighted by atomic mass is 32.2. The molecule has 3 atom stereocenters. The zero-order chi connectivity index (χ0) is 23.5. The van der Waals surface area contributed by atoms with Gasteiger partial charge in [0.15, 0.2) is 0 Å². The molecule has 10 nitrogen and oxygen atoms in total. The number of methoxy groups -OCH3 is 2. The maximum atomic E-state index is 12.8. The summed E-state index contributed by atoms with van der Waals surface area (Å²) in [5.74, 6) is -2.09. The van der Waals surface area contributed by atoms with E-state index in [0.717, 1.165) is 24.4 Å². The number of likely N-dealkylation sites (tertiary alicyclic amines) is 1. The lowest BCUT2D eigenvalue weighted by atomic mass is 10.2. The van der Waals surface area contributed by atoms with Gasteiger partial charge in [0, 0.05) is 12.3 Å². The smallest absolute Gasteiger partial charge is 0.410 e. The number of esters is 2. The summed E-state index contributed by atoms with van der Waals surface area (Å²) >= 11 is 0.854. The van der Waals surface area contributed by atoms with Crippen LogP contribution in [0.2, 0.25) is 0 Å². The third-order valence-corrected chi connectivity index (χ3v) is 5.88. The van der Waals surface area contributed by atoms with Crippen molar-refractivity contribution < 1.29 is 33.4 Å². The van der Waals surface area contributed by atoms with Crippen molar-refractivity contribution in [3.8, 4) is 0 Å². The lowest BCUT2D eigenvalue weighted by Crippen LogP contribution is -2.52. The number of ether oxygens (including phenoxy) is 3. The molecule has 1 heterocycles. The SMILES string of the molecule is [C-]#[N+]C(SCC(NC(=O)C1CCCN1C(=O)OCc1ccccc1)C(=O)OC)C(=O)OC. The second-order valence-electron chi connectivity index (χ2n) is 6.81. The van der Waals surface area contributed by atoms with Crippen molar-refractivity contribution in [2.24, 2.45) is 0 Å². The van der Waals surface area contributed by atoms with E-state index >= 15 is 0 Å². The topological polar surface area (TPSA) is 116 Å². The molecule has 172 valence electrons. The number of benzene rings is 1. The number of nitrogens with one attached hydrogen (secondary N) is 1. The third kappa shape index (κ3) is 6.88. The summed E-state index contributed by atoms with van der Waals surface area (Å²) in [5, 5.41) is 1.40. The van der Waals surface area contributed by atoms with E-state index in [1.807, 2.05) is 30.3 Å². The molecule has 0 aliphatic carbocycles. The van der Waals surface area contributed by atoms with Gasteiger partial charge < -0.3 is 19.5 Å². The molecule has 1 aromatic rings. The predicted octanol–water partition coefficient (Wildman–Crippen LogP) is 1.60. The molecule has 0 radical (unpaired) electrons. The third-order valence-electron chi connectivity index (χ3n) is 4.74. The van der Waals surface area contributed by atoms with Gasteiger partial charge >= 0.3 is 23.4 Å². The summed E-state index contributed by atoms with van der Waals surface area (Å²) < 4.78 is 14.6. The molecule has 3 unspecified atom stereocenters. The van der Waals surface area contributed by atoms with Crippen LogP contribution in [0.25, 0.3) is 4.85 Å². The molecule has 1 aromatic carbocycles. The molecule has 0 saturated carbocycles. The van der Waals surface area contributed by atoms with Crippen molar-refractivity contribution in [3.63, 3.8) is 0 Å². The van der Waals surface area contributed by atoms with Crippen LogP contribution in [0.3, 0.4) is 0 Å². The predicted molar refractivity (Wildman–Crippen MR) is 115 cm³/mol. The Morgan fingerprint density at radius 2 is 1.88 bits per heavy atom. The number of rotatable bonds is 9. The lowest BCUT2D eigenvalue weighted by molar-refractivity contribution is -0.145. The Labute approximate surface area is 190 Å². The van der Waals surface area contributed by atoms with Gasteiger partial charge in [0.25, 0.3) is 0 Å². The molecule has 1 N–H and O–H groups in total. The molecule has 1 saturated heterocycles. The Morgan fingerprint density at radius 3 is 2.50 bits per heavy atom. The highest BCUT2D eigenvalue weighted by molar-refractivity contribution is 8.00. The summed E-state index contributed by atoms with van der Waals surface area (Å²) in [5.41, 5.74) is 0.823. The number of hydrogen-bond donors (Lipinski definition) is 1. The molecule has 2 rings (SSSR count). The van der Waals surface area contributed by atoms with E-state index in [-0.39, 0.29) is 12.4 Å². The van der Waals surface area contributed by atoms with E-state index < -0.39 is 41.4 Å². The van der Waals surface area contributed by atoms with Crippen molar-refractivity contribution in [2.75, 3.05) is 26.5 Å². The number of hydrogen-bond acceptors (Lipinski definition) is 8. The van der Waals surface area contributed by atoms with Crippen LogP contribution < -0.4 is 5.32 Å². The molecule has 1 aliphatic heterocycles. The lowest BCUT2D eigenvalue weighted by Gasteiger charge is -2.25. The maximum Gasteiger partial charge on any atom is 0.410 e. The van der Waals surface area contributed by atoms with E-state index in [1.54, 1.807) is 0 Å². The first-order valence-corrected chi connectivity index (χ1v) is 10.9. The van der Waals surface area contributed by atoms with Gasteiger partial charge in [0.2, 0.25) is 5.91 Å². The Bertz CT molecular complexity index is 859. The maximum absolute atomic E-state index is 12.8. The van der Waals surface area contributed by atoms with Crippen LogP contribution in [0.5, 0.6) is 0 Å². The van der Waals surface area contributed by atoms with Crippen LogP contribution in [0.1, 0.15) is 18.4 Å². The number of thioether (sulfide) groups is 1. The van der Waals surface area contributed by atoms with Crippen LogP contribution in [-0.4, -0.2) is 72.8 Å². The number of carbonyl (C=O) groups is 4. The highest BCUT2D eigenvalue weighted by Crippen LogP contribution is 2.20. The number of amides is 2. The van der Waals surface area contributed by atoms with Crippen molar-refractivity contribution >= 4 is 35.7 Å². The molecular formula is C21H25N3O7S. The summed E-state index contributed by atoms with van der Waals surface area (Å²) in [6.45, 7) is 7.52. The number of nitrogens with zero attached hydrogens (tertiary/aromatic N) is 2. The zero-order valence-corrected chi connectivity index (χ0v) is 18.6. The van der Waals surface area contributed by atoms with E-state index in [1.165, 1.54) is 12.0 Å². The number of carbonyl (C=O) groups excluding carboxylic acids is 4. The van der Waals surface area contributed by atoms with Gasteiger partial charge in [-0.1, -0.05) is 42.1 Å². The quantitative estimate of drug-likeness (QED) is 0.334.